The average molecular weight is 388 g/mol. The highest BCUT2D eigenvalue weighted by Crippen LogP contribution is 2.32. The van der Waals surface area contributed by atoms with Crippen molar-refractivity contribution in [1.29, 1.82) is 0 Å². The van der Waals surface area contributed by atoms with Crippen molar-refractivity contribution in [2.75, 3.05) is 22.1 Å². The number of carbonyl (C=O) groups is 1. The fraction of sp³-hybridized carbons (Fsp3) is 0.273. The summed E-state index contributed by atoms with van der Waals surface area (Å²) in [7, 11) is 0. The maximum atomic E-state index is 13.2. The zero-order valence-corrected chi connectivity index (χ0v) is 16.6. The van der Waals surface area contributed by atoms with Gasteiger partial charge in [0.1, 0.15) is 5.82 Å². The number of amides is 2. The average Bonchev–Trinajstić information content (AvgIpc) is 2.72. The highest BCUT2D eigenvalue weighted by atomic mass is 16.2. The van der Waals surface area contributed by atoms with Gasteiger partial charge in [-0.3, -0.25) is 15.2 Å². The van der Waals surface area contributed by atoms with Gasteiger partial charge in [-0.2, -0.15) is 0 Å². The van der Waals surface area contributed by atoms with E-state index in [-0.39, 0.29) is 12.1 Å². The van der Waals surface area contributed by atoms with E-state index in [2.05, 4.69) is 27.5 Å². The molecule has 0 bridgehead atoms. The Balaban J connectivity index is 1.76. The Hall–Kier alpha value is -3.48. The molecule has 0 saturated carbocycles. The van der Waals surface area contributed by atoms with Gasteiger partial charge in [0.2, 0.25) is 0 Å². The van der Waals surface area contributed by atoms with Crippen LogP contribution in [0.5, 0.6) is 0 Å². The minimum atomic E-state index is -0.242. The first-order valence-electron chi connectivity index (χ1n) is 9.80. The second kappa shape index (κ2) is 8.26. The number of rotatable bonds is 2. The second-order valence-corrected chi connectivity index (χ2v) is 7.19. The Labute approximate surface area is 170 Å². The lowest BCUT2D eigenvalue weighted by Crippen LogP contribution is -2.43. The predicted molar refractivity (Wildman–Crippen MR) is 115 cm³/mol. The third-order valence-electron chi connectivity index (χ3n) is 5.09. The Morgan fingerprint density at radius 2 is 2.10 bits per heavy atom. The molecule has 0 saturated heterocycles. The van der Waals surface area contributed by atoms with E-state index in [9.17, 15) is 4.79 Å². The fourth-order valence-electron chi connectivity index (χ4n) is 3.51. The van der Waals surface area contributed by atoms with E-state index < -0.39 is 0 Å². The number of nitrogens with one attached hydrogen (secondary N) is 2. The van der Waals surface area contributed by atoms with Crippen LogP contribution in [0.2, 0.25) is 0 Å². The third kappa shape index (κ3) is 4.03. The lowest BCUT2D eigenvalue weighted by Gasteiger charge is -2.32. The summed E-state index contributed by atoms with van der Waals surface area (Å²) in [6.45, 7) is 4.93. The van der Waals surface area contributed by atoms with Crippen molar-refractivity contribution in [2.45, 2.75) is 32.7 Å². The number of carbonyl (C=O) groups excluding carboxylic acids is 1. The van der Waals surface area contributed by atoms with Crippen molar-refractivity contribution in [3.8, 4) is 11.3 Å². The van der Waals surface area contributed by atoms with Gasteiger partial charge in [-0.1, -0.05) is 6.07 Å². The van der Waals surface area contributed by atoms with Crippen LogP contribution in [0, 0.1) is 6.92 Å². The van der Waals surface area contributed by atoms with Crippen molar-refractivity contribution in [1.82, 2.24) is 15.0 Å². The number of anilines is 3. The van der Waals surface area contributed by atoms with Crippen molar-refractivity contribution in [3.05, 3.63) is 60.6 Å². The van der Waals surface area contributed by atoms with Gasteiger partial charge in [-0.15, -0.1) is 0 Å². The van der Waals surface area contributed by atoms with E-state index in [1.165, 1.54) is 0 Å². The van der Waals surface area contributed by atoms with Gasteiger partial charge in [-0.05, 0) is 62.6 Å². The van der Waals surface area contributed by atoms with Crippen LogP contribution in [0.1, 0.15) is 25.3 Å². The van der Waals surface area contributed by atoms with Crippen molar-refractivity contribution in [2.24, 2.45) is 0 Å². The lowest BCUT2D eigenvalue weighted by atomic mass is 10.1. The number of aromatic nitrogens is 3. The molecule has 0 fully saturated rings. The second-order valence-electron chi connectivity index (χ2n) is 7.19. The molecule has 148 valence electrons. The standard InChI is InChI=1S/C22H24N6O/c1-15-10-13-23-14-17(15)18-8-9-19-21(26-18)28(16(2)6-5-12-24-19)22(29)27-20-7-3-4-11-25-20/h3-4,7-11,13-14,16,24H,5-6,12H2,1-2H3,(H,25,27,29)/t16-/m1/s1. The molecule has 0 unspecified atom stereocenters. The number of hydrogen-bond donors (Lipinski definition) is 2. The Bertz CT molecular complexity index is 1010. The number of fused-ring (bicyclic) bond motifs is 1. The van der Waals surface area contributed by atoms with Crippen molar-refractivity contribution in [3.63, 3.8) is 0 Å². The number of nitrogens with zero attached hydrogens (tertiary/aromatic N) is 4. The maximum Gasteiger partial charge on any atom is 0.328 e. The molecule has 0 aromatic carbocycles. The summed E-state index contributed by atoms with van der Waals surface area (Å²) in [4.78, 5) is 28.3. The SMILES string of the molecule is Cc1ccncc1-c1ccc2c(n1)N(C(=O)Nc1ccccn1)[C@H](C)CCCN2. The number of hydrogen-bond acceptors (Lipinski definition) is 5. The van der Waals surface area contributed by atoms with Crippen LogP contribution in [0.15, 0.2) is 55.0 Å². The largest absolute Gasteiger partial charge is 0.382 e. The van der Waals surface area contributed by atoms with Crippen LogP contribution in [-0.2, 0) is 0 Å². The van der Waals surface area contributed by atoms with Crippen LogP contribution < -0.4 is 15.5 Å². The van der Waals surface area contributed by atoms with Crippen molar-refractivity contribution >= 4 is 23.4 Å². The molecule has 29 heavy (non-hydrogen) atoms. The smallest absolute Gasteiger partial charge is 0.328 e. The van der Waals surface area contributed by atoms with Crippen LogP contribution in [0.3, 0.4) is 0 Å². The summed E-state index contributed by atoms with van der Waals surface area (Å²) in [5.74, 6) is 1.13. The molecular weight excluding hydrogens is 364 g/mol. The molecule has 2 N–H and O–H groups in total. The molecule has 3 aromatic rings. The summed E-state index contributed by atoms with van der Waals surface area (Å²) in [6, 6.07) is 11.1. The van der Waals surface area contributed by atoms with Gasteiger partial charge < -0.3 is 5.32 Å². The molecule has 0 aliphatic carbocycles. The number of pyridine rings is 3. The van der Waals surface area contributed by atoms with Gasteiger partial charge >= 0.3 is 6.03 Å². The first kappa shape index (κ1) is 18.9. The molecule has 2 amide bonds. The van der Waals surface area contributed by atoms with Gasteiger partial charge in [0, 0.05) is 36.7 Å². The molecule has 4 heterocycles. The predicted octanol–water partition coefficient (Wildman–Crippen LogP) is 4.48. The van der Waals surface area contributed by atoms with Gasteiger partial charge in [0.25, 0.3) is 0 Å². The van der Waals surface area contributed by atoms with E-state index in [1.807, 2.05) is 43.5 Å². The molecule has 7 nitrogen and oxygen atoms in total. The van der Waals surface area contributed by atoms with Gasteiger partial charge in [0.15, 0.2) is 5.82 Å². The Morgan fingerprint density at radius 1 is 1.21 bits per heavy atom. The quantitative estimate of drug-likeness (QED) is 0.676. The zero-order valence-electron chi connectivity index (χ0n) is 16.6. The molecule has 1 atom stereocenters. The normalized spacial score (nSPS) is 16.2. The van der Waals surface area contributed by atoms with Crippen LogP contribution >= 0.6 is 0 Å². The molecule has 1 aliphatic rings. The first-order valence-corrected chi connectivity index (χ1v) is 9.80. The monoisotopic (exact) mass is 388 g/mol. The molecule has 1 aliphatic heterocycles. The van der Waals surface area contributed by atoms with E-state index in [4.69, 9.17) is 4.98 Å². The van der Waals surface area contributed by atoms with E-state index in [0.717, 1.165) is 41.9 Å². The molecule has 4 rings (SSSR count). The third-order valence-corrected chi connectivity index (χ3v) is 5.09. The highest BCUT2D eigenvalue weighted by molar-refractivity contribution is 6.03. The van der Waals surface area contributed by atoms with Crippen LogP contribution in [0.25, 0.3) is 11.3 Å². The number of aryl methyl sites for hydroxylation is 1. The van der Waals surface area contributed by atoms with Gasteiger partial charge in [0.05, 0.1) is 11.4 Å². The van der Waals surface area contributed by atoms with E-state index in [0.29, 0.717) is 11.6 Å². The van der Waals surface area contributed by atoms with Gasteiger partial charge in [-0.25, -0.2) is 14.8 Å². The fourth-order valence-corrected chi connectivity index (χ4v) is 3.51. The van der Waals surface area contributed by atoms with Crippen LogP contribution in [-0.4, -0.2) is 33.6 Å². The highest BCUT2D eigenvalue weighted by Gasteiger charge is 2.28. The summed E-state index contributed by atoms with van der Waals surface area (Å²) in [5.41, 5.74) is 3.68. The molecule has 3 aromatic heterocycles. The van der Waals surface area contributed by atoms with Crippen molar-refractivity contribution < 1.29 is 4.79 Å². The molecular formula is C22H24N6O. The Kier molecular flexibility index (Phi) is 5.37. The molecule has 0 spiro atoms. The van der Waals surface area contributed by atoms with E-state index in [1.54, 1.807) is 23.4 Å². The topological polar surface area (TPSA) is 83.0 Å². The summed E-state index contributed by atoms with van der Waals surface area (Å²) in [5, 5.41) is 6.31. The lowest BCUT2D eigenvalue weighted by molar-refractivity contribution is 0.254. The maximum absolute atomic E-state index is 13.2. The Morgan fingerprint density at radius 3 is 2.90 bits per heavy atom. The minimum absolute atomic E-state index is 0.00249. The summed E-state index contributed by atoms with van der Waals surface area (Å²) in [6.07, 6.45) is 7.08. The zero-order chi connectivity index (χ0) is 20.2. The molecule has 0 radical (unpaired) electrons. The van der Waals surface area contributed by atoms with E-state index >= 15 is 0 Å². The summed E-state index contributed by atoms with van der Waals surface area (Å²) < 4.78 is 0. The summed E-state index contributed by atoms with van der Waals surface area (Å²) >= 11 is 0. The minimum Gasteiger partial charge on any atom is -0.382 e. The molecule has 7 heteroatoms. The first-order chi connectivity index (χ1) is 14.1. The van der Waals surface area contributed by atoms with Crippen LogP contribution in [0.4, 0.5) is 22.1 Å². The number of urea groups is 1.